The van der Waals surface area contributed by atoms with Crippen LogP contribution >= 0.6 is 0 Å². The molecule has 0 aliphatic carbocycles. The maximum absolute atomic E-state index is 16.2. The van der Waals surface area contributed by atoms with E-state index in [4.69, 9.17) is 0 Å². The number of hydrogen-bond donors (Lipinski definition) is 5. The van der Waals surface area contributed by atoms with Crippen molar-refractivity contribution in [3.05, 3.63) is 11.9 Å². The summed E-state index contributed by atoms with van der Waals surface area (Å²) in [6.07, 6.45) is 5.06. The zero-order chi connectivity index (χ0) is 28.1. The molecule has 224 valence electrons. The topological polar surface area (TPSA) is 107 Å². The zero-order valence-electron chi connectivity index (χ0n) is 24.4. The molecule has 40 heavy (non-hydrogen) atoms. The van der Waals surface area contributed by atoms with Gasteiger partial charge in [0, 0.05) is 50.8 Å². The summed E-state index contributed by atoms with van der Waals surface area (Å²) in [5.41, 5.74) is 7.31. The second kappa shape index (κ2) is 11.3. The molecule has 0 aromatic rings. The molecule has 0 radical (unpaired) electrons. The Kier molecular flexibility index (Phi) is 7.88. The van der Waals surface area contributed by atoms with Gasteiger partial charge in [-0.2, -0.15) is 0 Å². The molecule has 5 saturated heterocycles. The molecular weight excluding hydrogens is 513 g/mol. The Morgan fingerprint density at radius 3 is 2.70 bits per heavy atom. The average Bonchev–Trinajstić information content (AvgIpc) is 3.38. The van der Waals surface area contributed by atoms with Crippen LogP contribution < -0.4 is 26.9 Å². The van der Waals surface area contributed by atoms with E-state index in [1.165, 1.54) is 0 Å². The first-order chi connectivity index (χ1) is 19.2. The molecule has 6 rings (SSSR count). The minimum absolute atomic E-state index is 0.0256. The molecule has 0 spiro atoms. The van der Waals surface area contributed by atoms with Crippen molar-refractivity contribution < 1.29 is 14.0 Å². The molecule has 9 atom stereocenters. The second-order valence-electron chi connectivity index (χ2n) is 13.1. The Hall–Kier alpha value is -2.15. The number of amides is 3. The van der Waals surface area contributed by atoms with Crippen LogP contribution in [0.3, 0.4) is 0 Å². The Balaban J connectivity index is 1.37. The van der Waals surface area contributed by atoms with Crippen LogP contribution in [0.25, 0.3) is 0 Å². The van der Waals surface area contributed by atoms with Crippen LogP contribution in [0.4, 0.5) is 9.18 Å². The van der Waals surface area contributed by atoms with Crippen LogP contribution in [0, 0.1) is 17.8 Å². The second-order valence-corrected chi connectivity index (χ2v) is 13.1. The molecule has 3 amide bonds. The van der Waals surface area contributed by atoms with Crippen molar-refractivity contribution in [3.8, 4) is 0 Å². The average molecular weight is 562 g/mol. The highest BCUT2D eigenvalue weighted by atomic mass is 19.1. The normalized spacial score (nSPS) is 40.8. The third kappa shape index (κ3) is 4.94. The summed E-state index contributed by atoms with van der Waals surface area (Å²) >= 11 is 0. The first-order valence-electron chi connectivity index (χ1n) is 15.5. The molecule has 5 fully saturated rings. The minimum Gasteiger partial charge on any atom is -0.340 e. The lowest BCUT2D eigenvalue weighted by Crippen LogP contribution is -2.80. The highest BCUT2D eigenvalue weighted by Crippen LogP contribution is 2.40. The minimum atomic E-state index is -1.13. The smallest absolute Gasteiger partial charge is 0.320 e. The molecule has 6 aliphatic heterocycles. The number of allylic oxidation sites excluding steroid dienone is 1. The third-order valence-corrected chi connectivity index (χ3v) is 10.3. The SMILES string of the molecule is CC(=O)N1CCN(C2NC(=O)N3C4NC(C(F)CC42)N2NNC=C2CCCCC2CCNC(C(C)C)C23)[C@@H](C)C1. The van der Waals surface area contributed by atoms with Gasteiger partial charge in [0.25, 0.3) is 0 Å². The van der Waals surface area contributed by atoms with Crippen molar-refractivity contribution in [2.45, 2.75) is 109 Å². The Morgan fingerprint density at radius 1 is 1.12 bits per heavy atom. The fourth-order valence-electron chi connectivity index (χ4n) is 8.35. The number of urea groups is 1. The zero-order valence-corrected chi connectivity index (χ0v) is 24.4. The van der Waals surface area contributed by atoms with Crippen LogP contribution in [0.1, 0.15) is 66.2 Å². The van der Waals surface area contributed by atoms with Crippen molar-refractivity contribution in [3.63, 3.8) is 0 Å². The number of piperidine rings is 2. The van der Waals surface area contributed by atoms with Gasteiger partial charge >= 0.3 is 6.03 Å². The Morgan fingerprint density at radius 2 is 1.95 bits per heavy atom. The van der Waals surface area contributed by atoms with Crippen molar-refractivity contribution in [1.82, 2.24) is 46.6 Å². The molecule has 0 aromatic carbocycles. The van der Waals surface area contributed by atoms with Crippen LogP contribution in [0.15, 0.2) is 11.9 Å². The summed E-state index contributed by atoms with van der Waals surface area (Å²) in [4.78, 5) is 32.6. The summed E-state index contributed by atoms with van der Waals surface area (Å²) in [5, 5.41) is 12.7. The van der Waals surface area contributed by atoms with Gasteiger partial charge < -0.3 is 25.9 Å². The van der Waals surface area contributed by atoms with Crippen LogP contribution in [0.2, 0.25) is 0 Å². The first kappa shape index (κ1) is 28.0. The molecule has 8 unspecified atom stereocenters. The number of rotatable bonds is 2. The molecule has 6 heterocycles. The predicted molar refractivity (Wildman–Crippen MR) is 149 cm³/mol. The number of hydrogen-bond acceptors (Lipinski definition) is 8. The molecule has 6 aliphatic rings. The van der Waals surface area contributed by atoms with Gasteiger partial charge in [-0.15, -0.1) is 5.53 Å². The van der Waals surface area contributed by atoms with Crippen LogP contribution in [0.5, 0.6) is 0 Å². The molecule has 0 saturated carbocycles. The number of alkyl halides is 1. The maximum Gasteiger partial charge on any atom is 0.320 e. The van der Waals surface area contributed by atoms with E-state index in [0.717, 1.165) is 44.3 Å². The van der Waals surface area contributed by atoms with Gasteiger partial charge in [-0.1, -0.05) is 20.3 Å². The number of nitrogens with zero attached hydrogens (tertiary/aromatic N) is 4. The van der Waals surface area contributed by atoms with Gasteiger partial charge in [-0.25, -0.2) is 9.18 Å². The van der Waals surface area contributed by atoms with Crippen LogP contribution in [-0.2, 0) is 4.79 Å². The van der Waals surface area contributed by atoms with E-state index in [0.29, 0.717) is 37.9 Å². The predicted octanol–water partition coefficient (Wildman–Crippen LogP) is 1.23. The van der Waals surface area contributed by atoms with E-state index in [1.54, 1.807) is 6.92 Å². The van der Waals surface area contributed by atoms with Crippen molar-refractivity contribution in [1.29, 1.82) is 0 Å². The number of nitrogens with one attached hydrogen (secondary N) is 5. The number of halogens is 1. The van der Waals surface area contributed by atoms with Gasteiger partial charge in [-0.3, -0.25) is 20.0 Å². The first-order valence-corrected chi connectivity index (χ1v) is 15.5. The van der Waals surface area contributed by atoms with Crippen molar-refractivity contribution in [2.75, 3.05) is 26.2 Å². The highest BCUT2D eigenvalue weighted by molar-refractivity contribution is 5.77. The fourth-order valence-corrected chi connectivity index (χ4v) is 8.35. The van der Waals surface area contributed by atoms with E-state index in [2.05, 4.69) is 57.5 Å². The molecule has 2 bridgehead atoms. The lowest BCUT2D eigenvalue weighted by atomic mass is 9.76. The molecule has 11 nitrogen and oxygen atoms in total. The lowest BCUT2D eigenvalue weighted by molar-refractivity contribution is -0.135. The number of carbonyl (C=O) groups is 2. The number of carbonyl (C=O) groups excluding carboxylic acids is 2. The van der Waals surface area contributed by atoms with Gasteiger partial charge in [0.2, 0.25) is 5.91 Å². The van der Waals surface area contributed by atoms with Crippen molar-refractivity contribution in [2.24, 2.45) is 17.8 Å². The number of piperazine rings is 1. The Labute approximate surface area is 237 Å². The van der Waals surface area contributed by atoms with Gasteiger partial charge in [-0.05, 0) is 57.4 Å². The molecule has 5 N–H and O–H groups in total. The number of hydrazine groups is 2. The van der Waals surface area contributed by atoms with Crippen molar-refractivity contribution >= 4 is 11.9 Å². The van der Waals surface area contributed by atoms with E-state index < -0.39 is 12.3 Å². The maximum atomic E-state index is 16.2. The summed E-state index contributed by atoms with van der Waals surface area (Å²) in [7, 11) is 0. The van der Waals surface area contributed by atoms with E-state index in [9.17, 15) is 9.59 Å². The highest BCUT2D eigenvalue weighted by Gasteiger charge is 2.56. The van der Waals surface area contributed by atoms with Crippen LogP contribution in [-0.4, -0.2) is 101 Å². The van der Waals surface area contributed by atoms with Gasteiger partial charge in [0.1, 0.15) is 12.3 Å². The molecular formula is C28H48FN9O2. The summed E-state index contributed by atoms with van der Waals surface area (Å²) in [6, 6.07) is 0.189. The lowest BCUT2D eigenvalue weighted by Gasteiger charge is -2.60. The summed E-state index contributed by atoms with van der Waals surface area (Å²) in [6.45, 7) is 11.0. The molecule has 0 aromatic heterocycles. The van der Waals surface area contributed by atoms with E-state index >= 15 is 4.39 Å². The standard InChI is InChI=1S/C28H48FN9O2/c1-16(2)23-24-19(9-10-30-23)7-5-6-8-20-14-31-34-38(20)27-22(29)13-21-25(33-28(40)37(24)26(21)32-27)36-12-11-35(18(4)39)15-17(36)3/h14,16-17,19,21-27,30-32,34H,5-13,15H2,1-4H3,(H,33,40)/t17-,19?,21?,22?,23?,24?,25?,26?,27?/m0/s1. The van der Waals surface area contributed by atoms with E-state index in [1.807, 2.05) is 16.1 Å². The van der Waals surface area contributed by atoms with E-state index in [-0.39, 0.29) is 48.3 Å². The quantitative estimate of drug-likeness (QED) is 0.343. The Bertz CT molecular complexity index is 997. The van der Waals surface area contributed by atoms with Gasteiger partial charge in [0.15, 0.2) is 0 Å². The summed E-state index contributed by atoms with van der Waals surface area (Å²) in [5.74, 6) is 0.678. The third-order valence-electron chi connectivity index (χ3n) is 10.3. The monoisotopic (exact) mass is 561 g/mol. The summed E-state index contributed by atoms with van der Waals surface area (Å²) < 4.78 is 16.2. The van der Waals surface area contributed by atoms with Gasteiger partial charge in [0.05, 0.1) is 24.1 Å². The fraction of sp³-hybridized carbons (Fsp3) is 0.857. The largest absolute Gasteiger partial charge is 0.340 e. The number of fused-ring (bicyclic) bond motifs is 5. The molecule has 12 heteroatoms.